The van der Waals surface area contributed by atoms with Crippen molar-refractivity contribution in [2.24, 2.45) is 0 Å². The van der Waals surface area contributed by atoms with Crippen LogP contribution in [0.2, 0.25) is 0 Å². The molecule has 0 radical (unpaired) electrons. The Balaban J connectivity index is 1.70. The lowest BCUT2D eigenvalue weighted by Crippen LogP contribution is -2.40. The molecule has 2 aromatic rings. The number of anilines is 2. The maximum atomic E-state index is 12.7. The first-order chi connectivity index (χ1) is 10.7. The Morgan fingerprint density at radius 3 is 2.64 bits per heavy atom. The van der Waals surface area contributed by atoms with Crippen LogP contribution in [0.3, 0.4) is 0 Å². The predicted octanol–water partition coefficient (Wildman–Crippen LogP) is 3.08. The molecule has 0 fully saturated rings. The van der Waals surface area contributed by atoms with E-state index < -0.39 is 0 Å². The van der Waals surface area contributed by atoms with Crippen molar-refractivity contribution in [2.45, 2.75) is 19.4 Å². The Labute approximate surface area is 130 Å². The molecule has 22 heavy (non-hydrogen) atoms. The minimum Gasteiger partial charge on any atom is -0.497 e. The van der Waals surface area contributed by atoms with E-state index in [-0.39, 0.29) is 11.9 Å². The van der Waals surface area contributed by atoms with Crippen LogP contribution in [0, 0.1) is 0 Å². The molecule has 1 amide bonds. The highest BCUT2D eigenvalue weighted by Crippen LogP contribution is 2.28. The smallest absolute Gasteiger partial charge is 0.249 e. The van der Waals surface area contributed by atoms with Gasteiger partial charge in [0.05, 0.1) is 7.11 Å². The number of fused-ring (bicyclic) bond motifs is 1. The topological polar surface area (TPSA) is 41.6 Å². The highest BCUT2D eigenvalue weighted by Gasteiger charge is 2.27. The summed E-state index contributed by atoms with van der Waals surface area (Å²) in [6, 6.07) is 15.4. The lowest BCUT2D eigenvalue weighted by molar-refractivity contribution is -0.118. The summed E-state index contributed by atoms with van der Waals surface area (Å²) < 4.78 is 5.14. The number of ether oxygens (including phenoxy) is 1. The van der Waals surface area contributed by atoms with Gasteiger partial charge in [0.2, 0.25) is 5.91 Å². The lowest BCUT2D eigenvalue weighted by Gasteiger charge is -2.23. The second-order valence-electron chi connectivity index (χ2n) is 5.46. The molecule has 0 aliphatic carbocycles. The Bertz CT molecular complexity index is 667. The van der Waals surface area contributed by atoms with E-state index >= 15 is 0 Å². The van der Waals surface area contributed by atoms with Gasteiger partial charge in [0.25, 0.3) is 0 Å². The van der Waals surface area contributed by atoms with E-state index in [9.17, 15) is 4.79 Å². The Kier molecular flexibility index (Phi) is 4.00. The summed E-state index contributed by atoms with van der Waals surface area (Å²) in [6.07, 6.45) is 0.928. The number of amides is 1. The van der Waals surface area contributed by atoms with E-state index in [1.165, 1.54) is 5.56 Å². The largest absolute Gasteiger partial charge is 0.497 e. The maximum absolute atomic E-state index is 12.7. The number of carbonyl (C=O) groups excluding carboxylic acids is 1. The lowest BCUT2D eigenvalue weighted by atomic mass is 10.2. The molecule has 1 aliphatic heterocycles. The first-order valence-corrected chi connectivity index (χ1v) is 7.49. The number of hydrogen-bond acceptors (Lipinski definition) is 3. The molecule has 114 valence electrons. The summed E-state index contributed by atoms with van der Waals surface area (Å²) in [5, 5.41) is 3.25. The van der Waals surface area contributed by atoms with Crippen molar-refractivity contribution in [1.82, 2.24) is 0 Å². The minimum atomic E-state index is -0.278. The fourth-order valence-corrected chi connectivity index (χ4v) is 2.80. The highest BCUT2D eigenvalue weighted by atomic mass is 16.5. The summed E-state index contributed by atoms with van der Waals surface area (Å²) in [7, 11) is 1.64. The molecular formula is C18H20N2O2. The van der Waals surface area contributed by atoms with Crippen LogP contribution in [0.1, 0.15) is 12.5 Å². The molecule has 0 saturated heterocycles. The number of benzene rings is 2. The van der Waals surface area contributed by atoms with Gasteiger partial charge in [0.1, 0.15) is 11.8 Å². The van der Waals surface area contributed by atoms with Crippen LogP contribution in [0.4, 0.5) is 11.4 Å². The van der Waals surface area contributed by atoms with Crippen LogP contribution in [-0.4, -0.2) is 25.6 Å². The molecule has 0 unspecified atom stereocenters. The summed E-state index contributed by atoms with van der Waals surface area (Å²) in [4.78, 5) is 14.5. The fraction of sp³-hybridized carbons (Fsp3) is 0.278. The van der Waals surface area contributed by atoms with E-state index in [0.29, 0.717) is 0 Å². The number of nitrogens with one attached hydrogen (secondary N) is 1. The van der Waals surface area contributed by atoms with Gasteiger partial charge in [-0.05, 0) is 49.2 Å². The van der Waals surface area contributed by atoms with Gasteiger partial charge in [-0.3, -0.25) is 4.79 Å². The van der Waals surface area contributed by atoms with E-state index in [0.717, 1.165) is 30.1 Å². The number of hydrogen-bond donors (Lipinski definition) is 1. The van der Waals surface area contributed by atoms with Gasteiger partial charge in [-0.2, -0.15) is 0 Å². The summed E-state index contributed by atoms with van der Waals surface area (Å²) >= 11 is 0. The van der Waals surface area contributed by atoms with Gasteiger partial charge < -0.3 is 15.0 Å². The van der Waals surface area contributed by atoms with Crippen molar-refractivity contribution in [1.29, 1.82) is 0 Å². The SMILES string of the molecule is COc1ccc(N[C@@H](C)C(=O)N2CCc3ccccc32)cc1. The summed E-state index contributed by atoms with van der Waals surface area (Å²) in [5.41, 5.74) is 3.19. The molecule has 0 aromatic heterocycles. The van der Waals surface area contributed by atoms with Gasteiger partial charge in [-0.1, -0.05) is 18.2 Å². The Hall–Kier alpha value is -2.49. The van der Waals surface area contributed by atoms with Gasteiger partial charge in [-0.15, -0.1) is 0 Å². The average Bonchev–Trinajstić information content (AvgIpc) is 2.99. The van der Waals surface area contributed by atoms with Gasteiger partial charge in [-0.25, -0.2) is 0 Å². The van der Waals surface area contributed by atoms with Crippen molar-refractivity contribution in [3.8, 4) is 5.75 Å². The van der Waals surface area contributed by atoms with E-state index in [1.807, 2.05) is 54.3 Å². The summed E-state index contributed by atoms with van der Waals surface area (Å²) in [6.45, 7) is 2.65. The van der Waals surface area contributed by atoms with Crippen molar-refractivity contribution < 1.29 is 9.53 Å². The number of methoxy groups -OCH3 is 1. The minimum absolute atomic E-state index is 0.0979. The van der Waals surface area contributed by atoms with Crippen LogP contribution in [0.25, 0.3) is 0 Å². The molecule has 1 N–H and O–H groups in total. The van der Waals surface area contributed by atoms with Gasteiger partial charge in [0.15, 0.2) is 0 Å². The van der Waals surface area contributed by atoms with Crippen LogP contribution in [-0.2, 0) is 11.2 Å². The Morgan fingerprint density at radius 1 is 1.18 bits per heavy atom. The standard InChI is InChI=1S/C18H20N2O2/c1-13(19-15-7-9-16(22-2)10-8-15)18(21)20-12-11-14-5-3-4-6-17(14)20/h3-10,13,19H,11-12H2,1-2H3/t13-/m0/s1. The number of para-hydroxylation sites is 1. The highest BCUT2D eigenvalue weighted by molar-refractivity contribution is 6.00. The van der Waals surface area contributed by atoms with Crippen LogP contribution in [0.15, 0.2) is 48.5 Å². The van der Waals surface area contributed by atoms with Gasteiger partial charge in [0, 0.05) is 17.9 Å². The molecule has 1 heterocycles. The van der Waals surface area contributed by atoms with E-state index in [2.05, 4.69) is 11.4 Å². The quantitative estimate of drug-likeness (QED) is 0.942. The molecule has 0 saturated carbocycles. The Morgan fingerprint density at radius 2 is 1.91 bits per heavy atom. The van der Waals surface area contributed by atoms with E-state index in [4.69, 9.17) is 4.74 Å². The number of nitrogens with zero attached hydrogens (tertiary/aromatic N) is 1. The normalized spacial score (nSPS) is 14.4. The molecule has 1 aliphatic rings. The molecule has 4 heteroatoms. The van der Waals surface area contributed by atoms with Crippen molar-refractivity contribution >= 4 is 17.3 Å². The first kappa shape index (κ1) is 14.4. The molecule has 1 atom stereocenters. The molecular weight excluding hydrogens is 276 g/mol. The molecule has 3 rings (SSSR count). The third-order valence-corrected chi connectivity index (χ3v) is 4.00. The number of carbonyl (C=O) groups is 1. The van der Waals surface area contributed by atoms with Crippen molar-refractivity contribution in [3.63, 3.8) is 0 Å². The molecule has 2 aromatic carbocycles. The average molecular weight is 296 g/mol. The van der Waals surface area contributed by atoms with Gasteiger partial charge >= 0.3 is 0 Å². The molecule has 0 bridgehead atoms. The van der Waals surface area contributed by atoms with Crippen molar-refractivity contribution in [2.75, 3.05) is 23.9 Å². The molecule has 0 spiro atoms. The predicted molar refractivity (Wildman–Crippen MR) is 88.6 cm³/mol. The third kappa shape index (κ3) is 2.77. The maximum Gasteiger partial charge on any atom is 0.249 e. The zero-order valence-corrected chi connectivity index (χ0v) is 12.9. The zero-order chi connectivity index (χ0) is 15.5. The molecule has 4 nitrogen and oxygen atoms in total. The fourth-order valence-electron chi connectivity index (χ4n) is 2.80. The third-order valence-electron chi connectivity index (χ3n) is 4.00. The van der Waals surface area contributed by atoms with Crippen LogP contribution < -0.4 is 15.0 Å². The zero-order valence-electron chi connectivity index (χ0n) is 12.9. The second-order valence-corrected chi connectivity index (χ2v) is 5.46. The van der Waals surface area contributed by atoms with E-state index in [1.54, 1.807) is 7.11 Å². The number of rotatable bonds is 4. The summed E-state index contributed by atoms with van der Waals surface area (Å²) in [5.74, 6) is 0.902. The second kappa shape index (κ2) is 6.10. The van der Waals surface area contributed by atoms with Crippen LogP contribution >= 0.6 is 0 Å². The first-order valence-electron chi connectivity index (χ1n) is 7.49. The van der Waals surface area contributed by atoms with Crippen LogP contribution in [0.5, 0.6) is 5.75 Å². The monoisotopic (exact) mass is 296 g/mol. The van der Waals surface area contributed by atoms with Crippen molar-refractivity contribution in [3.05, 3.63) is 54.1 Å².